The maximum Gasteiger partial charge on any atom is 0.255 e. The van der Waals surface area contributed by atoms with Gasteiger partial charge in [0.25, 0.3) is 5.91 Å². The molecule has 0 aliphatic rings. The van der Waals surface area contributed by atoms with Crippen molar-refractivity contribution in [2.75, 3.05) is 18.2 Å². The highest BCUT2D eigenvalue weighted by atomic mass is 32.2. The van der Waals surface area contributed by atoms with Crippen LogP contribution >= 0.6 is 0 Å². The average molecular weight is 375 g/mol. The highest BCUT2D eigenvalue weighted by Crippen LogP contribution is 2.16. The summed E-state index contributed by atoms with van der Waals surface area (Å²) >= 11 is 0. The molecule has 0 bridgehead atoms. The van der Waals surface area contributed by atoms with Crippen LogP contribution < -0.4 is 10.1 Å². The molecule has 0 heterocycles. The lowest BCUT2D eigenvalue weighted by Gasteiger charge is -2.09. The second-order valence-electron chi connectivity index (χ2n) is 6.30. The minimum Gasteiger partial charge on any atom is -0.494 e. The van der Waals surface area contributed by atoms with Gasteiger partial charge in [0.15, 0.2) is 9.84 Å². The van der Waals surface area contributed by atoms with Crippen molar-refractivity contribution < 1.29 is 17.9 Å². The third-order valence-electron chi connectivity index (χ3n) is 3.75. The molecule has 0 radical (unpaired) electrons. The Balaban J connectivity index is 1.96. The van der Waals surface area contributed by atoms with Crippen molar-refractivity contribution >= 4 is 21.4 Å². The van der Waals surface area contributed by atoms with Crippen molar-refractivity contribution in [1.82, 2.24) is 0 Å². The van der Waals surface area contributed by atoms with Gasteiger partial charge in [-0.3, -0.25) is 4.79 Å². The van der Waals surface area contributed by atoms with Crippen molar-refractivity contribution in [3.8, 4) is 5.75 Å². The van der Waals surface area contributed by atoms with Crippen LogP contribution in [0.15, 0.2) is 48.5 Å². The van der Waals surface area contributed by atoms with Crippen LogP contribution in [-0.4, -0.2) is 27.2 Å². The molecular formula is C20H25NO4S. The zero-order chi connectivity index (χ0) is 19.0. The topological polar surface area (TPSA) is 72.5 Å². The minimum atomic E-state index is -3.12. The van der Waals surface area contributed by atoms with Gasteiger partial charge in [-0.25, -0.2) is 8.42 Å². The smallest absolute Gasteiger partial charge is 0.255 e. The van der Waals surface area contributed by atoms with Crippen LogP contribution in [0.5, 0.6) is 5.75 Å². The molecule has 2 aromatic rings. The van der Waals surface area contributed by atoms with Crippen LogP contribution in [0.25, 0.3) is 0 Å². The zero-order valence-electron chi connectivity index (χ0n) is 15.2. The molecule has 0 saturated heterocycles. The van der Waals surface area contributed by atoms with Crippen molar-refractivity contribution in [3.05, 3.63) is 59.7 Å². The summed E-state index contributed by atoms with van der Waals surface area (Å²) in [5.41, 5.74) is 1.72. The first kappa shape index (κ1) is 20.0. The van der Waals surface area contributed by atoms with Gasteiger partial charge in [-0.1, -0.05) is 31.9 Å². The first-order valence-electron chi connectivity index (χ1n) is 8.68. The molecule has 0 aromatic heterocycles. The first-order valence-corrected chi connectivity index (χ1v) is 10.7. The molecule has 1 N–H and O–H groups in total. The van der Waals surface area contributed by atoms with Gasteiger partial charge in [0.05, 0.1) is 12.4 Å². The number of hydrogen-bond acceptors (Lipinski definition) is 4. The van der Waals surface area contributed by atoms with Crippen LogP contribution in [0.4, 0.5) is 5.69 Å². The van der Waals surface area contributed by atoms with Crippen LogP contribution in [0.1, 0.15) is 42.1 Å². The monoisotopic (exact) mass is 375 g/mol. The highest BCUT2D eigenvalue weighted by molar-refractivity contribution is 7.89. The lowest BCUT2D eigenvalue weighted by molar-refractivity contribution is 0.102. The number of sulfone groups is 1. The molecule has 26 heavy (non-hydrogen) atoms. The van der Waals surface area contributed by atoms with E-state index >= 15 is 0 Å². The van der Waals surface area contributed by atoms with Gasteiger partial charge in [0, 0.05) is 17.5 Å². The van der Waals surface area contributed by atoms with E-state index in [9.17, 15) is 13.2 Å². The average Bonchev–Trinajstić information content (AvgIpc) is 2.58. The number of amides is 1. The summed E-state index contributed by atoms with van der Waals surface area (Å²) in [6.07, 6.45) is 4.49. The van der Waals surface area contributed by atoms with Gasteiger partial charge in [-0.15, -0.1) is 0 Å². The molecule has 1 amide bonds. The molecule has 2 aromatic carbocycles. The number of carbonyl (C=O) groups is 1. The predicted molar refractivity (Wildman–Crippen MR) is 104 cm³/mol. The molecule has 0 aliphatic carbocycles. The third-order valence-corrected chi connectivity index (χ3v) is 4.60. The van der Waals surface area contributed by atoms with Crippen LogP contribution in [0.2, 0.25) is 0 Å². The Morgan fingerprint density at radius 1 is 1.08 bits per heavy atom. The summed E-state index contributed by atoms with van der Waals surface area (Å²) < 4.78 is 28.4. The fraction of sp³-hybridized carbons (Fsp3) is 0.350. The SMILES string of the molecule is CCCCCOc1ccc(C(=O)Nc2cccc(CS(C)(=O)=O)c2)cc1. The quantitative estimate of drug-likeness (QED) is 0.671. The van der Waals surface area contributed by atoms with Gasteiger partial charge in [0.1, 0.15) is 5.75 Å². The number of carbonyl (C=O) groups excluding carboxylic acids is 1. The molecule has 0 unspecified atom stereocenters. The van der Waals surface area contributed by atoms with Gasteiger partial charge in [0.2, 0.25) is 0 Å². The van der Waals surface area contributed by atoms with Gasteiger partial charge in [-0.05, 0) is 48.4 Å². The molecule has 0 aliphatic heterocycles. The minimum absolute atomic E-state index is 0.0548. The molecule has 0 saturated carbocycles. The molecule has 140 valence electrons. The van der Waals surface area contributed by atoms with E-state index in [-0.39, 0.29) is 11.7 Å². The van der Waals surface area contributed by atoms with Crippen LogP contribution in [-0.2, 0) is 15.6 Å². The highest BCUT2D eigenvalue weighted by Gasteiger charge is 2.09. The summed E-state index contributed by atoms with van der Waals surface area (Å²) in [5, 5.41) is 2.79. The second-order valence-corrected chi connectivity index (χ2v) is 8.44. The van der Waals surface area contributed by atoms with Crippen LogP contribution in [0.3, 0.4) is 0 Å². The maximum atomic E-state index is 12.4. The van der Waals surface area contributed by atoms with E-state index in [4.69, 9.17) is 4.74 Å². The van der Waals surface area contributed by atoms with E-state index in [0.29, 0.717) is 23.4 Å². The van der Waals surface area contributed by atoms with Gasteiger partial charge in [-0.2, -0.15) is 0 Å². The summed E-state index contributed by atoms with van der Waals surface area (Å²) in [6, 6.07) is 13.8. The Morgan fingerprint density at radius 3 is 2.46 bits per heavy atom. The summed E-state index contributed by atoms with van der Waals surface area (Å²) in [7, 11) is -3.12. The standard InChI is InChI=1S/C20H25NO4S/c1-3-4-5-13-25-19-11-9-17(10-12-19)20(22)21-18-8-6-7-16(14-18)15-26(2,23)24/h6-12,14H,3-5,13,15H2,1-2H3,(H,21,22). The van der Waals surface area contributed by atoms with Crippen LogP contribution in [0, 0.1) is 0 Å². The third kappa shape index (κ3) is 6.88. The molecule has 0 spiro atoms. The Morgan fingerprint density at radius 2 is 1.81 bits per heavy atom. The molecule has 0 atom stereocenters. The lowest BCUT2D eigenvalue weighted by atomic mass is 10.2. The molecule has 2 rings (SSSR count). The normalized spacial score (nSPS) is 11.2. The number of ether oxygens (including phenoxy) is 1. The predicted octanol–water partition coefficient (Wildman–Crippen LogP) is 4.05. The number of benzene rings is 2. The number of rotatable bonds is 9. The molecular weight excluding hydrogens is 350 g/mol. The number of nitrogens with one attached hydrogen (secondary N) is 1. The Kier molecular flexibility index (Phi) is 7.21. The molecule has 6 heteroatoms. The number of unbranched alkanes of at least 4 members (excludes halogenated alkanes) is 2. The maximum absolute atomic E-state index is 12.4. The number of hydrogen-bond donors (Lipinski definition) is 1. The van der Waals surface area contributed by atoms with Crippen molar-refractivity contribution in [1.29, 1.82) is 0 Å². The Labute approximate surface area is 155 Å². The van der Waals surface area contributed by atoms with Crippen molar-refractivity contribution in [2.45, 2.75) is 31.9 Å². The van der Waals surface area contributed by atoms with Crippen molar-refractivity contribution in [2.24, 2.45) is 0 Å². The summed E-state index contributed by atoms with van der Waals surface area (Å²) in [5.74, 6) is 0.438. The molecule has 0 fully saturated rings. The number of anilines is 1. The Hall–Kier alpha value is -2.34. The Bertz CT molecular complexity index is 829. The zero-order valence-corrected chi connectivity index (χ0v) is 16.0. The largest absolute Gasteiger partial charge is 0.494 e. The fourth-order valence-corrected chi connectivity index (χ4v) is 3.27. The van der Waals surface area contributed by atoms with E-state index in [0.717, 1.165) is 25.0 Å². The lowest BCUT2D eigenvalue weighted by Crippen LogP contribution is -2.12. The van der Waals surface area contributed by atoms with E-state index < -0.39 is 9.84 Å². The first-order chi connectivity index (χ1) is 12.4. The van der Waals surface area contributed by atoms with Gasteiger partial charge < -0.3 is 10.1 Å². The fourth-order valence-electron chi connectivity index (χ4n) is 2.49. The molecule has 5 nitrogen and oxygen atoms in total. The van der Waals surface area contributed by atoms with E-state index in [1.165, 1.54) is 6.26 Å². The van der Waals surface area contributed by atoms with Crippen molar-refractivity contribution in [3.63, 3.8) is 0 Å². The summed E-state index contributed by atoms with van der Waals surface area (Å²) in [6.45, 7) is 2.82. The van der Waals surface area contributed by atoms with E-state index in [2.05, 4.69) is 12.2 Å². The summed E-state index contributed by atoms with van der Waals surface area (Å²) in [4.78, 5) is 12.4. The second kappa shape index (κ2) is 9.38. The van der Waals surface area contributed by atoms with Gasteiger partial charge >= 0.3 is 0 Å². The van der Waals surface area contributed by atoms with E-state index in [1.54, 1.807) is 48.5 Å². The van der Waals surface area contributed by atoms with E-state index in [1.807, 2.05) is 0 Å².